The van der Waals surface area contributed by atoms with E-state index in [9.17, 15) is 10.1 Å². The summed E-state index contributed by atoms with van der Waals surface area (Å²) in [6, 6.07) is 0. The van der Waals surface area contributed by atoms with Crippen molar-refractivity contribution in [3.63, 3.8) is 0 Å². The molecule has 0 saturated heterocycles. The van der Waals surface area contributed by atoms with E-state index in [0.29, 0.717) is 0 Å². The van der Waals surface area contributed by atoms with Gasteiger partial charge in [-0.05, 0) is 13.0 Å². The fourth-order valence-corrected chi connectivity index (χ4v) is 0.337. The topological polar surface area (TPSA) is 43.1 Å². The summed E-state index contributed by atoms with van der Waals surface area (Å²) in [6.07, 6.45) is 6.72. The van der Waals surface area contributed by atoms with Gasteiger partial charge in [0.25, 0.3) is 0 Å². The van der Waals surface area contributed by atoms with Gasteiger partial charge < -0.3 is 0 Å². The Labute approximate surface area is 53.8 Å². The highest BCUT2D eigenvalue weighted by Crippen LogP contribution is 1.76. The van der Waals surface area contributed by atoms with Crippen molar-refractivity contribution in [1.29, 1.82) is 0 Å². The van der Waals surface area contributed by atoms with E-state index >= 15 is 0 Å². The van der Waals surface area contributed by atoms with Crippen LogP contribution in [-0.4, -0.2) is 11.5 Å². The van der Waals surface area contributed by atoms with Crippen LogP contribution in [0.15, 0.2) is 24.3 Å². The van der Waals surface area contributed by atoms with Crippen LogP contribution in [0.4, 0.5) is 0 Å². The predicted molar refractivity (Wildman–Crippen MR) is 35.8 cm³/mol. The zero-order chi connectivity index (χ0) is 7.11. The number of rotatable bonds is 3. The highest BCUT2D eigenvalue weighted by molar-refractivity contribution is 5.00. The van der Waals surface area contributed by atoms with E-state index < -0.39 is 0 Å². The van der Waals surface area contributed by atoms with E-state index in [-0.39, 0.29) is 11.5 Å². The average Bonchev–Trinajstić information content (AvgIpc) is 1.80. The third-order valence-corrected chi connectivity index (χ3v) is 0.694. The van der Waals surface area contributed by atoms with Crippen molar-refractivity contribution < 1.29 is 4.92 Å². The maximum atomic E-state index is 9.69. The van der Waals surface area contributed by atoms with Crippen molar-refractivity contribution in [2.45, 2.75) is 6.92 Å². The maximum absolute atomic E-state index is 9.69. The van der Waals surface area contributed by atoms with E-state index in [1.165, 1.54) is 6.08 Å². The Balaban J connectivity index is 3.36. The minimum absolute atomic E-state index is 0.0929. The van der Waals surface area contributed by atoms with Gasteiger partial charge in [0.15, 0.2) is 0 Å². The van der Waals surface area contributed by atoms with Crippen molar-refractivity contribution in [3.8, 4) is 0 Å². The Kier molecular flexibility index (Phi) is 4.40. The normalized spacial score (nSPS) is 11.2. The molecule has 0 spiro atoms. The second-order valence-corrected chi connectivity index (χ2v) is 1.47. The fraction of sp³-hybridized carbons (Fsp3) is 0.333. The summed E-state index contributed by atoms with van der Waals surface area (Å²) in [4.78, 5) is 9.32. The predicted octanol–water partition coefficient (Wildman–Crippen LogP) is 1.40. The van der Waals surface area contributed by atoms with Crippen molar-refractivity contribution in [2.75, 3.05) is 6.54 Å². The number of nitrogens with zero attached hydrogens (tertiary/aromatic N) is 1. The van der Waals surface area contributed by atoms with Crippen LogP contribution in [-0.2, 0) is 0 Å². The highest BCUT2D eigenvalue weighted by atomic mass is 16.6. The zero-order valence-corrected chi connectivity index (χ0v) is 5.28. The Morgan fingerprint density at radius 2 is 2.22 bits per heavy atom. The molecule has 0 amide bonds. The Morgan fingerprint density at radius 1 is 1.56 bits per heavy atom. The largest absolute Gasteiger partial charge is 0.264 e. The molecule has 0 N–H and O–H groups in total. The molecule has 0 aliphatic heterocycles. The molecule has 0 fully saturated rings. The molecule has 0 bridgehead atoms. The van der Waals surface area contributed by atoms with Crippen LogP contribution >= 0.6 is 0 Å². The first-order valence-electron chi connectivity index (χ1n) is 2.67. The molecule has 0 atom stereocenters. The molecule has 3 nitrogen and oxygen atoms in total. The molecule has 50 valence electrons. The first-order chi connectivity index (χ1) is 4.27. The molecule has 0 heterocycles. The van der Waals surface area contributed by atoms with Crippen molar-refractivity contribution in [2.24, 2.45) is 0 Å². The number of nitro groups is 1. The lowest BCUT2D eigenvalue weighted by atomic mass is 10.4. The molecule has 0 aliphatic carbocycles. The van der Waals surface area contributed by atoms with E-state index in [2.05, 4.69) is 0 Å². The Morgan fingerprint density at radius 3 is 2.67 bits per heavy atom. The van der Waals surface area contributed by atoms with E-state index in [1.54, 1.807) is 12.2 Å². The van der Waals surface area contributed by atoms with Gasteiger partial charge in [0.05, 0.1) is 0 Å². The maximum Gasteiger partial charge on any atom is 0.222 e. The minimum atomic E-state index is -0.375. The third-order valence-electron chi connectivity index (χ3n) is 0.694. The molecule has 9 heavy (non-hydrogen) atoms. The molecule has 0 aromatic carbocycles. The zero-order valence-electron chi connectivity index (χ0n) is 5.28. The van der Waals surface area contributed by atoms with Crippen LogP contribution < -0.4 is 0 Å². The van der Waals surface area contributed by atoms with Crippen LogP contribution in [0.3, 0.4) is 0 Å². The van der Waals surface area contributed by atoms with Crippen molar-refractivity contribution in [1.82, 2.24) is 0 Å². The molecule has 0 aromatic rings. The molecule has 3 heteroatoms. The van der Waals surface area contributed by atoms with Crippen molar-refractivity contribution >= 4 is 0 Å². The number of hydrogen-bond donors (Lipinski definition) is 0. The number of allylic oxidation sites excluding steroid dienone is 3. The molecule has 0 saturated carbocycles. The van der Waals surface area contributed by atoms with Crippen LogP contribution in [0.1, 0.15) is 6.92 Å². The summed E-state index contributed by atoms with van der Waals surface area (Å²) in [7, 11) is 0. The highest BCUT2D eigenvalue weighted by Gasteiger charge is 1.83. The van der Waals surface area contributed by atoms with Gasteiger partial charge in [-0.25, -0.2) is 0 Å². The molecule has 0 radical (unpaired) electrons. The van der Waals surface area contributed by atoms with Gasteiger partial charge >= 0.3 is 0 Å². The second-order valence-electron chi connectivity index (χ2n) is 1.47. The van der Waals surface area contributed by atoms with Gasteiger partial charge in [-0.2, -0.15) is 0 Å². The molecular formula is C6H9NO2. The molecule has 0 unspecified atom stereocenters. The first-order valence-corrected chi connectivity index (χ1v) is 2.67. The second kappa shape index (κ2) is 5.03. The summed E-state index contributed by atoms with van der Waals surface area (Å²) in [5, 5.41) is 9.69. The number of hydrogen-bond acceptors (Lipinski definition) is 2. The SMILES string of the molecule is C/C=C/C=C/C[N+](=O)[O-]. The summed E-state index contributed by atoms with van der Waals surface area (Å²) in [5.41, 5.74) is 0. The van der Waals surface area contributed by atoms with Gasteiger partial charge in [-0.1, -0.05) is 18.2 Å². The van der Waals surface area contributed by atoms with Gasteiger partial charge in [-0.15, -0.1) is 0 Å². The molecule has 0 aliphatic rings. The summed E-state index contributed by atoms with van der Waals surface area (Å²) < 4.78 is 0. The van der Waals surface area contributed by atoms with Gasteiger partial charge in [0.2, 0.25) is 6.54 Å². The lowest BCUT2D eigenvalue weighted by molar-refractivity contribution is -0.468. The standard InChI is InChI=1S/C6H9NO2/c1-2-3-4-5-6-7(8)9/h2-5H,6H2,1H3/b3-2+,5-4+. The monoisotopic (exact) mass is 127 g/mol. The summed E-state index contributed by atoms with van der Waals surface area (Å²) in [5.74, 6) is 0. The third kappa shape index (κ3) is 6.88. The van der Waals surface area contributed by atoms with Crippen LogP contribution in [0.5, 0.6) is 0 Å². The molecule has 0 rings (SSSR count). The van der Waals surface area contributed by atoms with Crippen LogP contribution in [0, 0.1) is 10.1 Å². The fourth-order valence-electron chi connectivity index (χ4n) is 0.337. The van der Waals surface area contributed by atoms with Gasteiger partial charge in [-0.3, -0.25) is 10.1 Å². The van der Waals surface area contributed by atoms with E-state index in [1.807, 2.05) is 13.0 Å². The summed E-state index contributed by atoms with van der Waals surface area (Å²) >= 11 is 0. The molecular weight excluding hydrogens is 118 g/mol. The van der Waals surface area contributed by atoms with Gasteiger partial charge in [0, 0.05) is 4.92 Å². The Hall–Kier alpha value is -1.12. The van der Waals surface area contributed by atoms with E-state index in [4.69, 9.17) is 0 Å². The summed E-state index contributed by atoms with van der Waals surface area (Å²) in [6.45, 7) is 1.76. The van der Waals surface area contributed by atoms with Crippen molar-refractivity contribution in [3.05, 3.63) is 34.4 Å². The van der Waals surface area contributed by atoms with E-state index in [0.717, 1.165) is 0 Å². The average molecular weight is 127 g/mol. The molecule has 0 aromatic heterocycles. The van der Waals surface area contributed by atoms with Gasteiger partial charge in [0.1, 0.15) is 0 Å². The lowest BCUT2D eigenvalue weighted by Crippen LogP contribution is -1.94. The minimum Gasteiger partial charge on any atom is -0.264 e. The Bertz CT molecular complexity index is 138. The van der Waals surface area contributed by atoms with Crippen LogP contribution in [0.25, 0.3) is 0 Å². The van der Waals surface area contributed by atoms with Crippen LogP contribution in [0.2, 0.25) is 0 Å². The quantitative estimate of drug-likeness (QED) is 0.326. The lowest BCUT2D eigenvalue weighted by Gasteiger charge is -1.79. The first kappa shape index (κ1) is 7.88. The smallest absolute Gasteiger partial charge is 0.222 e.